The molecule has 4 amide bonds. The summed E-state index contributed by atoms with van der Waals surface area (Å²) in [6, 6.07) is 15.6. The Kier molecular flexibility index (Phi) is 22.0. The molecule has 4 aromatic rings. The van der Waals surface area contributed by atoms with Gasteiger partial charge in [-0.25, -0.2) is 9.97 Å². The van der Waals surface area contributed by atoms with E-state index in [4.69, 9.17) is 18.9 Å². The minimum Gasteiger partial charge on any atom is -0.494 e. The van der Waals surface area contributed by atoms with Crippen LogP contribution < -0.4 is 26.0 Å². The monoisotopic (exact) mass is 1010 g/mol. The van der Waals surface area contributed by atoms with Gasteiger partial charge in [0.15, 0.2) is 0 Å². The molecule has 1 aliphatic heterocycles. The van der Waals surface area contributed by atoms with Crippen molar-refractivity contribution in [1.82, 2.24) is 35.4 Å². The number of aryl methyl sites for hydroxylation is 1. The zero-order valence-corrected chi connectivity index (χ0v) is 43.5. The first kappa shape index (κ1) is 55.6. The van der Waals surface area contributed by atoms with Crippen molar-refractivity contribution in [2.45, 2.75) is 110 Å². The number of benzene rings is 2. The van der Waals surface area contributed by atoms with Crippen LogP contribution >= 0.6 is 11.3 Å². The third-order valence-electron chi connectivity index (χ3n) is 12.6. The van der Waals surface area contributed by atoms with E-state index in [0.717, 1.165) is 83.9 Å². The molecule has 0 radical (unpaired) electrons. The SMILES string of the molecule is Cc1ncsc1-c1ccc(CNC(=O)[C@@H]2C[C@@H](O)CN2C(=O)[C@@H](NC(=O)COCCCOCCCCOCCCOc2ccc(Nc3nccc(NCCCN(C)C(=O)C4CCC4)n3)cc2)C(C)(C)C)cc1. The predicted octanol–water partition coefficient (Wildman–Crippen LogP) is 6.51. The third-order valence-corrected chi connectivity index (χ3v) is 13.6. The van der Waals surface area contributed by atoms with Gasteiger partial charge in [0.25, 0.3) is 0 Å². The Bertz CT molecular complexity index is 2310. The lowest BCUT2D eigenvalue weighted by molar-refractivity contribution is -0.144. The van der Waals surface area contributed by atoms with E-state index in [1.165, 1.54) is 4.90 Å². The van der Waals surface area contributed by atoms with Gasteiger partial charge in [0, 0.05) is 96.9 Å². The zero-order valence-electron chi connectivity index (χ0n) is 42.7. The van der Waals surface area contributed by atoms with Gasteiger partial charge in [0.2, 0.25) is 29.6 Å². The van der Waals surface area contributed by atoms with Crippen LogP contribution in [0.25, 0.3) is 10.4 Å². The molecule has 2 aromatic carbocycles. The number of nitrogens with one attached hydrogen (secondary N) is 4. The van der Waals surface area contributed by atoms with Gasteiger partial charge in [0.1, 0.15) is 30.3 Å². The highest BCUT2D eigenvalue weighted by atomic mass is 32.1. The van der Waals surface area contributed by atoms with E-state index in [0.29, 0.717) is 65.1 Å². The lowest BCUT2D eigenvalue weighted by Gasteiger charge is -2.35. The molecule has 19 heteroatoms. The van der Waals surface area contributed by atoms with E-state index < -0.39 is 35.4 Å². The highest BCUT2D eigenvalue weighted by molar-refractivity contribution is 7.13. The summed E-state index contributed by atoms with van der Waals surface area (Å²) >= 11 is 1.58. The minimum absolute atomic E-state index is 0.00222. The number of aliphatic hydroxyl groups is 1. The van der Waals surface area contributed by atoms with Gasteiger partial charge in [-0.3, -0.25) is 19.2 Å². The van der Waals surface area contributed by atoms with Crippen LogP contribution in [-0.2, 0) is 39.9 Å². The number of aliphatic hydroxyl groups excluding tert-OH is 1. The molecular weight excluding hydrogens is 939 g/mol. The van der Waals surface area contributed by atoms with Gasteiger partial charge in [-0.2, -0.15) is 4.98 Å². The molecule has 0 unspecified atom stereocenters. The largest absolute Gasteiger partial charge is 0.494 e. The summed E-state index contributed by atoms with van der Waals surface area (Å²) < 4.78 is 23.0. The van der Waals surface area contributed by atoms with Crippen molar-refractivity contribution in [2.24, 2.45) is 11.3 Å². The number of hydrogen-bond acceptors (Lipinski definition) is 15. The second-order valence-corrected chi connectivity index (χ2v) is 20.4. The van der Waals surface area contributed by atoms with E-state index in [1.807, 2.05) is 99.8 Å². The normalized spacial score (nSPS) is 16.2. The average molecular weight is 1010 g/mol. The van der Waals surface area contributed by atoms with Crippen molar-refractivity contribution >= 4 is 52.4 Å². The fraction of sp³-hybridized carbons (Fsp3) is 0.566. The van der Waals surface area contributed by atoms with Gasteiger partial charge in [-0.15, -0.1) is 11.3 Å². The zero-order chi connectivity index (χ0) is 51.3. The lowest BCUT2D eigenvalue weighted by atomic mass is 9.84. The molecule has 72 heavy (non-hydrogen) atoms. The fourth-order valence-electron chi connectivity index (χ4n) is 8.26. The summed E-state index contributed by atoms with van der Waals surface area (Å²) in [5.41, 5.74) is 4.90. The first-order valence-corrected chi connectivity index (χ1v) is 26.2. The minimum atomic E-state index is -0.939. The van der Waals surface area contributed by atoms with Crippen LogP contribution in [0.1, 0.15) is 89.8 Å². The van der Waals surface area contributed by atoms with E-state index >= 15 is 0 Å². The number of hydrogen-bond donors (Lipinski definition) is 5. The van der Waals surface area contributed by atoms with Crippen molar-refractivity contribution in [3.05, 3.63) is 77.6 Å². The number of β-amino-alcohol motifs (C(OH)–C–C–N with tert-alkyl or cyclic N) is 1. The Labute approximate surface area is 428 Å². The fourth-order valence-corrected chi connectivity index (χ4v) is 9.08. The van der Waals surface area contributed by atoms with E-state index in [1.54, 1.807) is 17.5 Å². The number of nitrogens with zero attached hydrogens (tertiary/aromatic N) is 5. The second kappa shape index (κ2) is 28.5. The summed E-state index contributed by atoms with van der Waals surface area (Å²) in [6.45, 7) is 12.1. The number of thiazole rings is 1. The molecule has 0 spiro atoms. The maximum Gasteiger partial charge on any atom is 0.246 e. The van der Waals surface area contributed by atoms with Crippen LogP contribution in [-0.4, -0.2) is 145 Å². The van der Waals surface area contributed by atoms with E-state index in [9.17, 15) is 24.3 Å². The maximum atomic E-state index is 13.9. The molecule has 18 nitrogen and oxygen atoms in total. The van der Waals surface area contributed by atoms with Gasteiger partial charge in [0.05, 0.1) is 28.8 Å². The highest BCUT2D eigenvalue weighted by Gasteiger charge is 2.44. The number of anilines is 3. The van der Waals surface area contributed by atoms with Crippen LogP contribution in [0, 0.1) is 18.3 Å². The smallest absolute Gasteiger partial charge is 0.246 e. The van der Waals surface area contributed by atoms with E-state index in [2.05, 4.69) is 36.2 Å². The van der Waals surface area contributed by atoms with Gasteiger partial charge < -0.3 is 55.1 Å². The molecule has 3 heterocycles. The number of amides is 4. The molecule has 392 valence electrons. The molecule has 6 rings (SSSR count). The van der Waals surface area contributed by atoms with Crippen LogP contribution in [0.4, 0.5) is 17.5 Å². The molecule has 2 aliphatic rings. The van der Waals surface area contributed by atoms with Crippen LogP contribution in [0.2, 0.25) is 0 Å². The number of rotatable bonds is 30. The Hall–Kier alpha value is -5.73. The quantitative estimate of drug-likeness (QED) is 0.0352. The number of aromatic nitrogens is 3. The summed E-state index contributed by atoms with van der Waals surface area (Å²) in [6.07, 6.45) is 8.08. The molecule has 5 N–H and O–H groups in total. The number of carbonyl (C=O) groups is 4. The van der Waals surface area contributed by atoms with Gasteiger partial charge >= 0.3 is 0 Å². The standard InChI is InChI=1S/C53H75N9O9S/c1-37-47(72-36-57-37)39-16-14-38(15-17-39)33-56-49(65)44-32-42(63)34-62(44)51(67)48(53(2,3)4)60-46(64)35-70-30-10-28-68-26-6-7-27-69-29-11-31-71-43-20-18-41(19-21-43)58-52-55-24-22-45(59-52)54-23-9-25-61(5)50(66)40-12-8-13-40/h14-22,24,36,40,42,44,48,63H,6-13,23,25-35H2,1-5H3,(H,56,65)(H,60,64)(H2,54,55,58,59)/t42-,44+,48-/m1/s1. The number of carbonyl (C=O) groups excluding carboxylic acids is 4. The summed E-state index contributed by atoms with van der Waals surface area (Å²) in [4.78, 5) is 70.2. The van der Waals surface area contributed by atoms with Crippen LogP contribution in [0.15, 0.2) is 66.3 Å². The average Bonchev–Trinajstić information content (AvgIpc) is 3.97. The number of likely N-dealkylation sites (tertiary alicyclic amines) is 1. The molecule has 2 aromatic heterocycles. The molecule has 1 saturated heterocycles. The summed E-state index contributed by atoms with van der Waals surface area (Å²) in [5, 5.41) is 22.9. The number of unbranched alkanes of at least 4 members (excludes halogenated alkanes) is 1. The molecular formula is C53H75N9O9S. The Balaban J connectivity index is 0.757. The predicted molar refractivity (Wildman–Crippen MR) is 278 cm³/mol. The number of ether oxygens (including phenoxy) is 4. The summed E-state index contributed by atoms with van der Waals surface area (Å²) in [7, 11) is 1.88. The third kappa shape index (κ3) is 17.8. The second-order valence-electron chi connectivity index (χ2n) is 19.6. The Morgan fingerprint density at radius 1 is 0.875 bits per heavy atom. The van der Waals surface area contributed by atoms with Gasteiger partial charge in [-0.1, -0.05) is 51.5 Å². The molecule has 3 atom stereocenters. The van der Waals surface area contributed by atoms with Crippen molar-refractivity contribution in [2.75, 3.05) is 83.6 Å². The molecule has 0 bridgehead atoms. The first-order valence-electron chi connectivity index (χ1n) is 25.3. The maximum absolute atomic E-state index is 13.9. The van der Waals surface area contributed by atoms with Crippen LogP contribution in [0.3, 0.4) is 0 Å². The topological polar surface area (TPSA) is 219 Å². The van der Waals surface area contributed by atoms with Crippen LogP contribution in [0.5, 0.6) is 5.75 Å². The van der Waals surface area contributed by atoms with Crippen molar-refractivity contribution < 1.29 is 43.2 Å². The van der Waals surface area contributed by atoms with Crippen molar-refractivity contribution in [3.8, 4) is 16.2 Å². The molecule has 1 saturated carbocycles. The van der Waals surface area contributed by atoms with E-state index in [-0.39, 0.29) is 43.8 Å². The summed E-state index contributed by atoms with van der Waals surface area (Å²) in [5.74, 6) is 1.23. The Morgan fingerprint density at radius 3 is 2.24 bits per heavy atom. The molecule has 2 fully saturated rings. The van der Waals surface area contributed by atoms with Crippen molar-refractivity contribution in [1.29, 1.82) is 0 Å². The van der Waals surface area contributed by atoms with Crippen molar-refractivity contribution in [3.63, 3.8) is 0 Å². The lowest BCUT2D eigenvalue weighted by Crippen LogP contribution is -2.58. The Morgan fingerprint density at radius 2 is 1.57 bits per heavy atom. The highest BCUT2D eigenvalue weighted by Crippen LogP contribution is 2.30. The first-order chi connectivity index (χ1) is 34.7. The molecule has 1 aliphatic carbocycles. The van der Waals surface area contributed by atoms with Gasteiger partial charge in [-0.05, 0) is 92.3 Å².